The number of carbonyl (C=O) groups is 2. The highest BCUT2D eigenvalue weighted by Crippen LogP contribution is 2.40. The largest absolute Gasteiger partial charge is 0.454 e. The molecule has 0 radical (unpaired) electrons. The minimum Gasteiger partial charge on any atom is -0.454 e. The molecule has 0 bridgehead atoms. The van der Waals surface area contributed by atoms with E-state index < -0.39 is 0 Å². The number of nitrogens with zero attached hydrogens (tertiary/aromatic N) is 2. The molecule has 0 N–H and O–H groups in total. The molecule has 1 fully saturated rings. The van der Waals surface area contributed by atoms with Crippen molar-refractivity contribution in [3.8, 4) is 11.5 Å². The maximum Gasteiger partial charge on any atom is 0.254 e. The fourth-order valence-corrected chi connectivity index (χ4v) is 3.59. The molecule has 0 atom stereocenters. The van der Waals surface area contributed by atoms with E-state index in [0.29, 0.717) is 48.3 Å². The number of halogens is 2. The van der Waals surface area contributed by atoms with Gasteiger partial charge in [0.15, 0.2) is 11.5 Å². The van der Waals surface area contributed by atoms with Crippen LogP contribution in [0.1, 0.15) is 15.9 Å². The maximum absolute atomic E-state index is 13.0. The minimum atomic E-state index is -0.327. The van der Waals surface area contributed by atoms with E-state index in [4.69, 9.17) is 21.1 Å². The SMILES string of the molecule is O=C(Cc1ccc(F)cc1)N1CCN(C(=O)c2cc(Cl)c3c(c2)OCO3)CC1. The Morgan fingerprint density at radius 1 is 1.00 bits per heavy atom. The third-order valence-electron chi connectivity index (χ3n) is 4.86. The summed E-state index contributed by atoms with van der Waals surface area (Å²) in [5, 5.41) is 0.339. The number of amides is 2. The molecule has 2 aliphatic heterocycles. The summed E-state index contributed by atoms with van der Waals surface area (Å²) in [6.45, 7) is 1.84. The highest BCUT2D eigenvalue weighted by molar-refractivity contribution is 6.32. The van der Waals surface area contributed by atoms with E-state index in [1.165, 1.54) is 12.1 Å². The van der Waals surface area contributed by atoms with Crippen LogP contribution in [0.2, 0.25) is 5.02 Å². The summed E-state index contributed by atoms with van der Waals surface area (Å²) >= 11 is 6.16. The van der Waals surface area contributed by atoms with Crippen LogP contribution in [-0.4, -0.2) is 54.6 Å². The fourth-order valence-electron chi connectivity index (χ4n) is 3.32. The average Bonchev–Trinajstić information content (AvgIpc) is 3.18. The maximum atomic E-state index is 13.0. The Bertz CT molecular complexity index is 911. The molecule has 146 valence electrons. The third-order valence-corrected chi connectivity index (χ3v) is 5.14. The number of ether oxygens (including phenoxy) is 2. The topological polar surface area (TPSA) is 59.1 Å². The van der Waals surface area contributed by atoms with E-state index in [0.717, 1.165) is 5.56 Å². The number of hydrogen-bond acceptors (Lipinski definition) is 4. The van der Waals surface area contributed by atoms with Crippen LogP contribution in [0.15, 0.2) is 36.4 Å². The van der Waals surface area contributed by atoms with Crippen LogP contribution < -0.4 is 9.47 Å². The van der Waals surface area contributed by atoms with Crippen molar-refractivity contribution >= 4 is 23.4 Å². The van der Waals surface area contributed by atoms with E-state index in [9.17, 15) is 14.0 Å². The quantitative estimate of drug-likeness (QED) is 0.789. The molecule has 2 aromatic rings. The summed E-state index contributed by atoms with van der Waals surface area (Å²) in [6, 6.07) is 9.10. The predicted octanol–water partition coefficient (Wildman–Crippen LogP) is 2.73. The lowest BCUT2D eigenvalue weighted by Crippen LogP contribution is -2.51. The Morgan fingerprint density at radius 2 is 1.68 bits per heavy atom. The fraction of sp³-hybridized carbons (Fsp3) is 0.300. The van der Waals surface area contributed by atoms with Crippen LogP contribution >= 0.6 is 11.6 Å². The van der Waals surface area contributed by atoms with E-state index in [-0.39, 0.29) is 30.8 Å². The van der Waals surface area contributed by atoms with Crippen molar-refractivity contribution in [2.24, 2.45) is 0 Å². The Hall–Kier alpha value is -2.80. The van der Waals surface area contributed by atoms with Crippen molar-refractivity contribution in [3.05, 3.63) is 58.4 Å². The summed E-state index contributed by atoms with van der Waals surface area (Å²) in [5.74, 6) is 0.390. The smallest absolute Gasteiger partial charge is 0.254 e. The number of rotatable bonds is 3. The van der Waals surface area contributed by atoms with Crippen LogP contribution in [0.4, 0.5) is 4.39 Å². The summed E-state index contributed by atoms with van der Waals surface area (Å²) in [4.78, 5) is 28.6. The van der Waals surface area contributed by atoms with Crippen molar-refractivity contribution in [2.75, 3.05) is 33.0 Å². The second-order valence-corrected chi connectivity index (χ2v) is 7.08. The zero-order chi connectivity index (χ0) is 19.7. The molecule has 0 aliphatic carbocycles. The van der Waals surface area contributed by atoms with Gasteiger partial charge >= 0.3 is 0 Å². The molecule has 0 spiro atoms. The van der Waals surface area contributed by atoms with Crippen LogP contribution in [0.3, 0.4) is 0 Å². The van der Waals surface area contributed by atoms with Crippen LogP contribution in [-0.2, 0) is 11.2 Å². The van der Waals surface area contributed by atoms with Gasteiger partial charge in [-0.25, -0.2) is 4.39 Å². The van der Waals surface area contributed by atoms with Gasteiger partial charge in [0, 0.05) is 31.7 Å². The highest BCUT2D eigenvalue weighted by Gasteiger charge is 2.27. The van der Waals surface area contributed by atoms with Gasteiger partial charge in [0.05, 0.1) is 11.4 Å². The molecule has 6 nitrogen and oxygen atoms in total. The zero-order valence-electron chi connectivity index (χ0n) is 15.0. The van der Waals surface area contributed by atoms with Gasteiger partial charge in [-0.3, -0.25) is 9.59 Å². The summed E-state index contributed by atoms with van der Waals surface area (Å²) in [7, 11) is 0. The number of carbonyl (C=O) groups excluding carboxylic acids is 2. The highest BCUT2D eigenvalue weighted by atomic mass is 35.5. The van der Waals surface area contributed by atoms with Gasteiger partial charge in [0.2, 0.25) is 12.7 Å². The van der Waals surface area contributed by atoms with Gasteiger partial charge in [-0.05, 0) is 29.8 Å². The molecule has 8 heteroatoms. The molecule has 0 saturated carbocycles. The average molecular weight is 405 g/mol. The Kier molecular flexibility index (Phi) is 5.09. The van der Waals surface area contributed by atoms with Gasteiger partial charge in [0.1, 0.15) is 5.82 Å². The van der Waals surface area contributed by atoms with Crippen LogP contribution in [0.5, 0.6) is 11.5 Å². The van der Waals surface area contributed by atoms with Crippen molar-refractivity contribution in [1.29, 1.82) is 0 Å². The first-order chi connectivity index (χ1) is 13.5. The van der Waals surface area contributed by atoms with Crippen molar-refractivity contribution in [1.82, 2.24) is 9.80 Å². The van der Waals surface area contributed by atoms with Gasteiger partial charge in [-0.15, -0.1) is 0 Å². The summed E-state index contributed by atoms with van der Waals surface area (Å²) < 4.78 is 23.6. The molecule has 2 aliphatic rings. The van der Waals surface area contributed by atoms with E-state index in [1.54, 1.807) is 34.1 Å². The van der Waals surface area contributed by atoms with Crippen molar-refractivity contribution in [3.63, 3.8) is 0 Å². The van der Waals surface area contributed by atoms with Gasteiger partial charge in [0.25, 0.3) is 5.91 Å². The standard InChI is InChI=1S/C20H18ClFN2O4/c21-16-10-14(11-17-19(16)28-12-27-17)20(26)24-7-5-23(6-8-24)18(25)9-13-1-3-15(22)4-2-13/h1-4,10-11H,5-9,12H2. The molecule has 4 rings (SSSR count). The first-order valence-corrected chi connectivity index (χ1v) is 9.30. The summed E-state index contributed by atoms with van der Waals surface area (Å²) in [5.41, 5.74) is 1.19. The number of hydrogen-bond donors (Lipinski definition) is 0. The number of piperazine rings is 1. The van der Waals surface area contributed by atoms with Gasteiger partial charge in [-0.1, -0.05) is 23.7 Å². The lowest BCUT2D eigenvalue weighted by molar-refractivity contribution is -0.131. The minimum absolute atomic E-state index is 0.0372. The van der Waals surface area contributed by atoms with E-state index in [1.807, 2.05) is 0 Å². The lowest BCUT2D eigenvalue weighted by Gasteiger charge is -2.35. The second kappa shape index (κ2) is 7.67. The van der Waals surface area contributed by atoms with Crippen molar-refractivity contribution in [2.45, 2.75) is 6.42 Å². The van der Waals surface area contributed by atoms with Crippen molar-refractivity contribution < 1.29 is 23.5 Å². The Labute approximate surface area is 166 Å². The third kappa shape index (κ3) is 3.75. The van der Waals surface area contributed by atoms with Gasteiger partial charge in [-0.2, -0.15) is 0 Å². The Morgan fingerprint density at radius 3 is 2.39 bits per heavy atom. The molecule has 0 aromatic heterocycles. The predicted molar refractivity (Wildman–Crippen MR) is 100 cm³/mol. The zero-order valence-corrected chi connectivity index (χ0v) is 15.7. The molecule has 2 aromatic carbocycles. The normalized spacial score (nSPS) is 15.6. The summed E-state index contributed by atoms with van der Waals surface area (Å²) in [6.07, 6.45) is 0.214. The molecular weight excluding hydrogens is 387 g/mol. The molecular formula is C20H18ClFN2O4. The van der Waals surface area contributed by atoms with E-state index in [2.05, 4.69) is 0 Å². The van der Waals surface area contributed by atoms with Crippen LogP contribution in [0, 0.1) is 5.82 Å². The first-order valence-electron chi connectivity index (χ1n) is 8.92. The molecule has 1 saturated heterocycles. The second-order valence-electron chi connectivity index (χ2n) is 6.67. The monoisotopic (exact) mass is 404 g/mol. The van der Waals surface area contributed by atoms with Gasteiger partial charge < -0.3 is 19.3 Å². The molecule has 0 unspecified atom stereocenters. The molecule has 28 heavy (non-hydrogen) atoms. The van der Waals surface area contributed by atoms with E-state index >= 15 is 0 Å². The lowest BCUT2D eigenvalue weighted by atomic mass is 10.1. The molecule has 2 amide bonds. The van der Waals surface area contributed by atoms with Crippen LogP contribution in [0.25, 0.3) is 0 Å². The molecule has 2 heterocycles. The number of fused-ring (bicyclic) bond motifs is 1. The number of benzene rings is 2. The Balaban J connectivity index is 1.36. The first kappa shape index (κ1) is 18.6.